The van der Waals surface area contributed by atoms with Crippen molar-refractivity contribution in [2.24, 2.45) is 20.5 Å². The molecule has 2 aromatic carbocycles. The number of nitrogens with zero attached hydrogens (tertiary/aromatic N) is 4. The Labute approximate surface area is 220 Å². The second-order valence-electron chi connectivity index (χ2n) is 7.95. The van der Waals surface area contributed by atoms with Crippen LogP contribution in [0.15, 0.2) is 93.5 Å². The fourth-order valence-corrected chi connectivity index (χ4v) is 3.74. The van der Waals surface area contributed by atoms with Crippen LogP contribution in [0.2, 0.25) is 10.0 Å². The molecule has 15 heteroatoms. The number of azo groups is 2. The van der Waals surface area contributed by atoms with Crippen LogP contribution < -0.4 is 0 Å². The van der Waals surface area contributed by atoms with E-state index in [2.05, 4.69) is 20.5 Å². The average molecular weight is 579 g/mol. The summed E-state index contributed by atoms with van der Waals surface area (Å²) in [4.78, 5) is 13.9. The van der Waals surface area contributed by atoms with Crippen molar-refractivity contribution in [3.63, 3.8) is 0 Å². The van der Waals surface area contributed by atoms with Gasteiger partial charge in [-0.05, 0) is 35.4 Å². The number of carbonyl (C=O) groups is 1. The summed E-state index contributed by atoms with van der Waals surface area (Å²) in [5, 5.41) is 13.0. The number of hydrogen-bond acceptors (Lipinski definition) is 7. The molecular weight excluding hydrogens is 565 g/mol. The number of carbonyl (C=O) groups excluding carboxylic acids is 1. The van der Waals surface area contributed by atoms with Gasteiger partial charge in [-0.2, -0.15) is 36.6 Å². The van der Waals surface area contributed by atoms with Gasteiger partial charge < -0.3 is 9.47 Å². The van der Waals surface area contributed by atoms with Gasteiger partial charge in [0.1, 0.15) is 12.2 Å². The lowest BCUT2D eigenvalue weighted by molar-refractivity contribution is -0.276. The molecule has 2 aliphatic rings. The first-order valence-electron chi connectivity index (χ1n) is 10.5. The lowest BCUT2D eigenvalue weighted by Gasteiger charge is -2.34. The highest BCUT2D eigenvalue weighted by Gasteiger charge is 2.61. The van der Waals surface area contributed by atoms with E-state index in [1.54, 1.807) is 0 Å². The molecule has 38 heavy (non-hydrogen) atoms. The Balaban J connectivity index is 1.84. The minimum atomic E-state index is -5.19. The largest absolute Gasteiger partial charge is 0.444 e. The maximum absolute atomic E-state index is 14.0. The van der Waals surface area contributed by atoms with Crippen LogP contribution in [-0.4, -0.2) is 29.6 Å². The summed E-state index contributed by atoms with van der Waals surface area (Å²) in [5.74, 6) is -1.34. The summed E-state index contributed by atoms with van der Waals surface area (Å²) < 4.78 is 94.7. The number of benzene rings is 2. The SMILES string of the molecule is O=C(C(OC1(C(F)(F)F)C=CN=N1)c1ccc(Cl)cc1)C(OC1(C(F)(F)F)C=CN=N1)c1ccc(Cl)cc1. The van der Waals surface area contributed by atoms with Crippen molar-refractivity contribution in [1.82, 2.24) is 0 Å². The summed E-state index contributed by atoms with van der Waals surface area (Å²) in [5.41, 5.74) is -7.14. The quantitative estimate of drug-likeness (QED) is 0.299. The first-order chi connectivity index (χ1) is 17.8. The van der Waals surface area contributed by atoms with Crippen LogP contribution in [0, 0.1) is 0 Å². The Morgan fingerprint density at radius 2 is 1.03 bits per heavy atom. The van der Waals surface area contributed by atoms with Crippen molar-refractivity contribution in [3.05, 3.63) is 94.3 Å². The van der Waals surface area contributed by atoms with Crippen LogP contribution in [0.5, 0.6) is 0 Å². The third-order valence-corrected chi connectivity index (χ3v) is 5.92. The average Bonchev–Trinajstić information content (AvgIpc) is 3.53. The first-order valence-corrected chi connectivity index (χ1v) is 11.3. The van der Waals surface area contributed by atoms with E-state index in [4.69, 9.17) is 32.7 Å². The predicted molar refractivity (Wildman–Crippen MR) is 121 cm³/mol. The summed E-state index contributed by atoms with van der Waals surface area (Å²) >= 11 is 11.8. The molecule has 0 bridgehead atoms. The summed E-state index contributed by atoms with van der Waals surface area (Å²) in [6.45, 7) is 0. The zero-order valence-corrected chi connectivity index (χ0v) is 20.1. The van der Waals surface area contributed by atoms with Crippen LogP contribution in [0.25, 0.3) is 0 Å². The third kappa shape index (κ3) is 5.37. The van der Waals surface area contributed by atoms with Gasteiger partial charge in [0.2, 0.25) is 0 Å². The summed E-state index contributed by atoms with van der Waals surface area (Å²) in [6.07, 6.45) is -12.4. The van der Waals surface area contributed by atoms with Gasteiger partial charge in [0, 0.05) is 22.2 Å². The molecule has 0 saturated carbocycles. The number of rotatable bonds is 8. The summed E-state index contributed by atoms with van der Waals surface area (Å²) in [7, 11) is 0. The van der Waals surface area contributed by atoms with Crippen molar-refractivity contribution in [1.29, 1.82) is 0 Å². The smallest absolute Gasteiger partial charge is 0.325 e. The standard InChI is InChI=1S/C23H14Cl2F6N4O3/c24-15-5-1-13(2-6-15)18(37-20(22(26,27)28)9-11-32-34-20)17(36)19(14-3-7-16(25)8-4-14)38-21(23(29,30)31)10-12-33-35-21/h1-12,18-19H. The summed E-state index contributed by atoms with van der Waals surface area (Å²) in [6, 6.07) is 9.76. The van der Waals surface area contributed by atoms with Gasteiger partial charge in [0.25, 0.3) is 11.4 Å². The van der Waals surface area contributed by atoms with Gasteiger partial charge >= 0.3 is 12.4 Å². The molecule has 2 aliphatic heterocycles. The fourth-order valence-electron chi connectivity index (χ4n) is 3.49. The maximum atomic E-state index is 14.0. The van der Waals surface area contributed by atoms with E-state index in [1.807, 2.05) is 0 Å². The zero-order valence-electron chi connectivity index (χ0n) is 18.6. The monoisotopic (exact) mass is 578 g/mol. The molecule has 7 nitrogen and oxygen atoms in total. The van der Waals surface area contributed by atoms with E-state index in [-0.39, 0.29) is 21.2 Å². The van der Waals surface area contributed by atoms with Gasteiger partial charge in [-0.15, -0.1) is 10.2 Å². The van der Waals surface area contributed by atoms with E-state index in [0.717, 1.165) is 0 Å². The molecule has 2 aromatic rings. The number of hydrogen-bond donors (Lipinski definition) is 0. The van der Waals surface area contributed by atoms with E-state index >= 15 is 0 Å². The Morgan fingerprint density at radius 1 is 0.684 bits per heavy atom. The van der Waals surface area contributed by atoms with E-state index < -0.39 is 41.8 Å². The Bertz CT molecular complexity index is 1180. The molecule has 0 aromatic heterocycles. The normalized spacial score (nSPS) is 24.2. The third-order valence-electron chi connectivity index (χ3n) is 5.42. The molecule has 4 unspecified atom stereocenters. The molecule has 4 atom stereocenters. The number of ketones is 1. The highest BCUT2D eigenvalue weighted by Crippen LogP contribution is 2.47. The molecule has 0 aliphatic carbocycles. The highest BCUT2D eigenvalue weighted by atomic mass is 35.5. The van der Waals surface area contributed by atoms with Gasteiger partial charge in [0.15, 0.2) is 5.78 Å². The number of alkyl halides is 6. The van der Waals surface area contributed by atoms with Gasteiger partial charge in [-0.1, -0.05) is 47.5 Å². The second kappa shape index (κ2) is 10.2. The number of Topliss-reactive ketones (excluding diaryl/α,β-unsaturated/α-hetero) is 1. The molecule has 0 spiro atoms. The molecule has 0 N–H and O–H groups in total. The number of halogens is 8. The van der Waals surface area contributed by atoms with Crippen LogP contribution >= 0.6 is 23.2 Å². The van der Waals surface area contributed by atoms with E-state index in [1.165, 1.54) is 48.5 Å². The molecule has 2 heterocycles. The van der Waals surface area contributed by atoms with Crippen LogP contribution in [0.3, 0.4) is 0 Å². The molecule has 0 radical (unpaired) electrons. The molecular formula is C23H14Cl2F6N4O3. The van der Waals surface area contributed by atoms with E-state index in [0.29, 0.717) is 24.6 Å². The first kappa shape index (κ1) is 27.9. The minimum Gasteiger partial charge on any atom is -0.325 e. The van der Waals surface area contributed by atoms with Gasteiger partial charge in [-0.25, -0.2) is 0 Å². The predicted octanol–water partition coefficient (Wildman–Crippen LogP) is 7.85. The zero-order chi connectivity index (χ0) is 27.8. The molecule has 4 rings (SSSR count). The highest BCUT2D eigenvalue weighted by molar-refractivity contribution is 6.30. The maximum Gasteiger partial charge on any atom is 0.444 e. The molecule has 0 amide bonds. The molecule has 200 valence electrons. The van der Waals surface area contributed by atoms with Crippen LogP contribution in [0.1, 0.15) is 23.3 Å². The second-order valence-corrected chi connectivity index (χ2v) is 8.82. The molecule has 0 saturated heterocycles. The Morgan fingerprint density at radius 3 is 1.29 bits per heavy atom. The van der Waals surface area contributed by atoms with Crippen molar-refractivity contribution in [2.75, 3.05) is 0 Å². The van der Waals surface area contributed by atoms with Crippen LogP contribution in [-0.2, 0) is 14.3 Å². The minimum absolute atomic E-state index is 0.170. The topological polar surface area (TPSA) is 85.0 Å². The Kier molecular flexibility index (Phi) is 7.49. The van der Waals surface area contributed by atoms with Gasteiger partial charge in [0.05, 0.1) is 12.4 Å². The van der Waals surface area contributed by atoms with Gasteiger partial charge in [-0.3, -0.25) is 4.79 Å². The lowest BCUT2D eigenvalue weighted by Crippen LogP contribution is -2.48. The van der Waals surface area contributed by atoms with Crippen molar-refractivity contribution in [2.45, 2.75) is 36.0 Å². The lowest BCUT2D eigenvalue weighted by atomic mass is 9.96. The van der Waals surface area contributed by atoms with Crippen LogP contribution in [0.4, 0.5) is 26.3 Å². The fraction of sp³-hybridized carbons (Fsp3) is 0.261. The number of ether oxygens (including phenoxy) is 2. The molecule has 0 fully saturated rings. The van der Waals surface area contributed by atoms with Crippen molar-refractivity contribution < 1.29 is 40.6 Å². The Hall–Kier alpha value is -3.13. The van der Waals surface area contributed by atoms with Crippen molar-refractivity contribution in [3.8, 4) is 0 Å². The van der Waals surface area contributed by atoms with Crippen molar-refractivity contribution >= 4 is 29.0 Å². The van der Waals surface area contributed by atoms with E-state index in [9.17, 15) is 31.1 Å².